The fourth-order valence-electron chi connectivity index (χ4n) is 1.96. The minimum atomic E-state index is 0.0897. The van der Waals surface area contributed by atoms with Crippen molar-refractivity contribution in [2.24, 2.45) is 5.92 Å². The average molecular weight is 238 g/mol. The summed E-state index contributed by atoms with van der Waals surface area (Å²) in [5.74, 6) is 1.33. The van der Waals surface area contributed by atoms with Gasteiger partial charge in [-0.3, -0.25) is 4.79 Å². The van der Waals surface area contributed by atoms with Gasteiger partial charge in [0.25, 0.3) is 0 Å². The van der Waals surface area contributed by atoms with Crippen molar-refractivity contribution in [2.45, 2.75) is 19.8 Å². The summed E-state index contributed by atoms with van der Waals surface area (Å²) >= 11 is 0. The van der Waals surface area contributed by atoms with Gasteiger partial charge in [0, 0.05) is 13.6 Å². The third-order valence-corrected chi connectivity index (χ3v) is 3.00. The van der Waals surface area contributed by atoms with E-state index in [9.17, 15) is 4.79 Å². The molecule has 1 heterocycles. The van der Waals surface area contributed by atoms with E-state index in [2.05, 4.69) is 11.9 Å². The Morgan fingerprint density at radius 2 is 2.41 bits per heavy atom. The van der Waals surface area contributed by atoms with Crippen LogP contribution in [0.3, 0.4) is 0 Å². The molecule has 17 heavy (non-hydrogen) atoms. The van der Waals surface area contributed by atoms with Crippen molar-refractivity contribution in [3.8, 4) is 0 Å². The van der Waals surface area contributed by atoms with E-state index in [0.29, 0.717) is 18.1 Å². The summed E-state index contributed by atoms with van der Waals surface area (Å²) in [4.78, 5) is 13.7. The minimum absolute atomic E-state index is 0.0897. The van der Waals surface area contributed by atoms with E-state index in [1.165, 1.54) is 6.26 Å². The number of nitrogens with zero attached hydrogens (tertiary/aromatic N) is 1. The number of hydrogen-bond donors (Lipinski definition) is 1. The fourth-order valence-corrected chi connectivity index (χ4v) is 1.96. The number of carbonyl (C=O) groups is 1. The van der Waals surface area contributed by atoms with Crippen molar-refractivity contribution in [3.63, 3.8) is 0 Å². The highest BCUT2D eigenvalue weighted by Crippen LogP contribution is 2.11. The Morgan fingerprint density at radius 1 is 1.65 bits per heavy atom. The van der Waals surface area contributed by atoms with Crippen molar-refractivity contribution in [1.29, 1.82) is 0 Å². The molecule has 1 atom stereocenters. The quantitative estimate of drug-likeness (QED) is 0.713. The first-order valence-electron chi connectivity index (χ1n) is 6.04. The lowest BCUT2D eigenvalue weighted by Gasteiger charge is -2.21. The molecule has 0 aromatic carbocycles. The molecule has 4 nitrogen and oxygen atoms in total. The van der Waals surface area contributed by atoms with Gasteiger partial charge in [-0.2, -0.15) is 0 Å². The largest absolute Gasteiger partial charge is 0.470 e. The predicted molar refractivity (Wildman–Crippen MR) is 68.3 cm³/mol. The molecule has 0 aromatic rings. The Hall–Kier alpha value is -1.29. The summed E-state index contributed by atoms with van der Waals surface area (Å²) in [5, 5.41) is 3.30. The van der Waals surface area contributed by atoms with Crippen LogP contribution in [0.15, 0.2) is 24.7 Å². The lowest BCUT2D eigenvalue weighted by atomic mass is 10.1. The molecule has 1 amide bonds. The van der Waals surface area contributed by atoms with Crippen molar-refractivity contribution in [3.05, 3.63) is 24.7 Å². The summed E-state index contributed by atoms with van der Waals surface area (Å²) in [5.41, 5.74) is 0. The van der Waals surface area contributed by atoms with Gasteiger partial charge >= 0.3 is 0 Å². The number of carbonyl (C=O) groups excluding carboxylic acids is 1. The number of amides is 1. The van der Waals surface area contributed by atoms with Crippen LogP contribution in [0.4, 0.5) is 0 Å². The van der Waals surface area contributed by atoms with Crippen LogP contribution in [0, 0.1) is 5.92 Å². The van der Waals surface area contributed by atoms with Gasteiger partial charge in [0.2, 0.25) is 5.91 Å². The molecule has 96 valence electrons. The molecule has 0 bridgehead atoms. The normalized spacial score (nSPS) is 20.1. The molecule has 0 aromatic heterocycles. The van der Waals surface area contributed by atoms with E-state index in [-0.39, 0.29) is 5.91 Å². The van der Waals surface area contributed by atoms with Crippen molar-refractivity contribution in [2.75, 3.05) is 26.7 Å². The maximum absolute atomic E-state index is 11.9. The second-order valence-corrected chi connectivity index (χ2v) is 4.35. The van der Waals surface area contributed by atoms with E-state index in [4.69, 9.17) is 4.74 Å². The number of allylic oxidation sites excluding steroid dienone is 1. The van der Waals surface area contributed by atoms with Gasteiger partial charge in [0.15, 0.2) is 0 Å². The van der Waals surface area contributed by atoms with Gasteiger partial charge in [0.1, 0.15) is 5.76 Å². The number of hydrogen-bond acceptors (Lipinski definition) is 3. The SMILES string of the molecule is C=CO/C(=C\C)CC(=O)N(C)CC1CCNC1. The molecule has 1 N–H and O–H groups in total. The molecule has 1 fully saturated rings. The van der Waals surface area contributed by atoms with Crippen LogP contribution in [0.1, 0.15) is 19.8 Å². The second kappa shape index (κ2) is 7.12. The van der Waals surface area contributed by atoms with Gasteiger partial charge in [0.05, 0.1) is 12.7 Å². The third-order valence-electron chi connectivity index (χ3n) is 3.00. The molecule has 0 radical (unpaired) electrons. The number of ether oxygens (including phenoxy) is 1. The maximum Gasteiger partial charge on any atom is 0.229 e. The number of rotatable bonds is 6. The van der Waals surface area contributed by atoms with Crippen LogP contribution in [0.5, 0.6) is 0 Å². The molecule has 1 unspecified atom stereocenters. The first kappa shape index (κ1) is 13.8. The van der Waals surface area contributed by atoms with Gasteiger partial charge in [-0.15, -0.1) is 0 Å². The molecular weight excluding hydrogens is 216 g/mol. The lowest BCUT2D eigenvalue weighted by Crippen LogP contribution is -2.32. The molecule has 0 spiro atoms. The molecule has 0 saturated carbocycles. The Kier molecular flexibility index (Phi) is 5.77. The van der Waals surface area contributed by atoms with Crippen LogP contribution in [-0.2, 0) is 9.53 Å². The Balaban J connectivity index is 2.37. The van der Waals surface area contributed by atoms with Crippen LogP contribution >= 0.6 is 0 Å². The van der Waals surface area contributed by atoms with Gasteiger partial charge in [-0.25, -0.2) is 0 Å². The Labute approximate surface area is 103 Å². The molecule has 1 rings (SSSR count). The third kappa shape index (κ3) is 4.61. The summed E-state index contributed by atoms with van der Waals surface area (Å²) in [6.07, 6.45) is 4.60. The van der Waals surface area contributed by atoms with E-state index in [1.54, 1.807) is 11.0 Å². The topological polar surface area (TPSA) is 41.6 Å². The van der Waals surface area contributed by atoms with E-state index in [1.807, 2.05) is 14.0 Å². The van der Waals surface area contributed by atoms with Crippen LogP contribution in [-0.4, -0.2) is 37.5 Å². The maximum atomic E-state index is 11.9. The zero-order chi connectivity index (χ0) is 12.7. The van der Waals surface area contributed by atoms with E-state index in [0.717, 1.165) is 26.1 Å². The minimum Gasteiger partial charge on any atom is -0.470 e. The molecule has 0 aliphatic carbocycles. The lowest BCUT2D eigenvalue weighted by molar-refractivity contribution is -0.130. The highest BCUT2D eigenvalue weighted by molar-refractivity contribution is 5.78. The second-order valence-electron chi connectivity index (χ2n) is 4.35. The predicted octanol–water partition coefficient (Wildman–Crippen LogP) is 1.51. The van der Waals surface area contributed by atoms with E-state index >= 15 is 0 Å². The molecular formula is C13H22N2O2. The average Bonchev–Trinajstić information content (AvgIpc) is 2.81. The fraction of sp³-hybridized carbons (Fsp3) is 0.615. The molecule has 1 aliphatic heterocycles. The summed E-state index contributed by atoms with van der Waals surface area (Å²) in [7, 11) is 1.85. The molecule has 1 saturated heterocycles. The van der Waals surface area contributed by atoms with Crippen molar-refractivity contribution >= 4 is 5.91 Å². The van der Waals surface area contributed by atoms with Crippen LogP contribution < -0.4 is 5.32 Å². The molecule has 1 aliphatic rings. The van der Waals surface area contributed by atoms with Crippen molar-refractivity contribution < 1.29 is 9.53 Å². The van der Waals surface area contributed by atoms with Crippen LogP contribution in [0.25, 0.3) is 0 Å². The Bertz CT molecular complexity index is 294. The highest BCUT2D eigenvalue weighted by atomic mass is 16.5. The van der Waals surface area contributed by atoms with Crippen molar-refractivity contribution in [1.82, 2.24) is 10.2 Å². The summed E-state index contributed by atoms with van der Waals surface area (Å²) in [6, 6.07) is 0. The van der Waals surface area contributed by atoms with Gasteiger partial charge in [-0.1, -0.05) is 6.58 Å². The highest BCUT2D eigenvalue weighted by Gasteiger charge is 2.19. The smallest absolute Gasteiger partial charge is 0.229 e. The summed E-state index contributed by atoms with van der Waals surface area (Å²) in [6.45, 7) is 8.23. The Morgan fingerprint density at radius 3 is 2.94 bits per heavy atom. The monoisotopic (exact) mass is 238 g/mol. The first-order chi connectivity index (χ1) is 8.17. The standard InChI is InChI=1S/C13H22N2O2/c1-4-12(17-5-2)8-13(16)15(3)10-11-6-7-14-9-11/h4-5,11,14H,2,6-10H2,1,3H3/b12-4-. The first-order valence-corrected chi connectivity index (χ1v) is 6.04. The number of nitrogens with one attached hydrogen (secondary N) is 1. The van der Waals surface area contributed by atoms with Gasteiger partial charge in [-0.05, 0) is 38.4 Å². The zero-order valence-corrected chi connectivity index (χ0v) is 10.7. The zero-order valence-electron chi connectivity index (χ0n) is 10.7. The molecule has 4 heteroatoms. The van der Waals surface area contributed by atoms with E-state index < -0.39 is 0 Å². The van der Waals surface area contributed by atoms with Crippen LogP contribution in [0.2, 0.25) is 0 Å². The summed E-state index contributed by atoms with van der Waals surface area (Å²) < 4.78 is 5.15. The van der Waals surface area contributed by atoms with Gasteiger partial charge < -0.3 is 15.0 Å².